The second-order valence-electron chi connectivity index (χ2n) is 6.07. The predicted molar refractivity (Wildman–Crippen MR) is 92.2 cm³/mol. The molecule has 0 radical (unpaired) electrons. The molecule has 0 aromatic heterocycles. The van der Waals surface area contributed by atoms with E-state index < -0.39 is 11.7 Å². The molecule has 0 aliphatic carbocycles. The highest BCUT2D eigenvalue weighted by Gasteiger charge is 2.15. The number of benzene rings is 1. The highest BCUT2D eigenvalue weighted by Crippen LogP contribution is 2.12. The second-order valence-corrected chi connectivity index (χ2v) is 6.07. The smallest absolute Gasteiger partial charge is 0.407 e. The van der Waals surface area contributed by atoms with Crippen molar-refractivity contribution in [1.82, 2.24) is 5.32 Å². The lowest BCUT2D eigenvalue weighted by molar-refractivity contribution is 0.0328. The molecule has 1 amide bonds. The minimum absolute atomic E-state index is 0.398. The number of alkyl carbamates (subject to hydrolysis) is 1. The molecule has 1 aromatic rings. The molecule has 1 aromatic carbocycles. The van der Waals surface area contributed by atoms with E-state index >= 15 is 0 Å². The Kier molecular flexibility index (Phi) is 8.96. The molecule has 1 rings (SSSR count). The molecule has 0 bridgehead atoms. The van der Waals surface area contributed by atoms with Gasteiger partial charge in [0, 0.05) is 12.2 Å². The third-order valence-corrected chi connectivity index (χ3v) is 2.66. The van der Waals surface area contributed by atoms with Crippen LogP contribution in [0, 0.1) is 0 Å². The zero-order valence-electron chi connectivity index (χ0n) is 14.7. The van der Waals surface area contributed by atoms with Crippen LogP contribution in [0.4, 0.5) is 10.5 Å². The molecule has 136 valence electrons. The van der Waals surface area contributed by atoms with Crippen LogP contribution in [0.15, 0.2) is 24.3 Å². The van der Waals surface area contributed by atoms with E-state index in [2.05, 4.69) is 5.32 Å². The Bertz CT molecular complexity index is 471. The van der Waals surface area contributed by atoms with Gasteiger partial charge in [-0.05, 0) is 45.0 Å². The normalized spacial score (nSPS) is 11.1. The second kappa shape index (κ2) is 10.7. The van der Waals surface area contributed by atoms with E-state index in [1.165, 1.54) is 0 Å². The van der Waals surface area contributed by atoms with Crippen LogP contribution >= 0.6 is 0 Å². The van der Waals surface area contributed by atoms with Crippen LogP contribution in [0.3, 0.4) is 0 Å². The zero-order chi connectivity index (χ0) is 17.8. The third-order valence-electron chi connectivity index (χ3n) is 2.66. The number of nitrogen functional groups attached to an aromatic ring is 1. The number of hydrogen-bond donors (Lipinski definition) is 2. The number of ether oxygens (including phenoxy) is 4. The Hall–Kier alpha value is -1.99. The van der Waals surface area contributed by atoms with E-state index in [1.54, 1.807) is 12.1 Å². The molecule has 7 heteroatoms. The number of carbonyl (C=O) groups is 1. The van der Waals surface area contributed by atoms with Crippen LogP contribution in [-0.2, 0) is 14.2 Å². The predicted octanol–water partition coefficient (Wildman–Crippen LogP) is 2.21. The Labute approximate surface area is 143 Å². The van der Waals surface area contributed by atoms with Gasteiger partial charge in [0.1, 0.15) is 18.0 Å². The van der Waals surface area contributed by atoms with Gasteiger partial charge >= 0.3 is 6.09 Å². The van der Waals surface area contributed by atoms with Gasteiger partial charge in [-0.3, -0.25) is 0 Å². The molecule has 0 saturated heterocycles. The lowest BCUT2D eigenvalue weighted by Gasteiger charge is -2.19. The maximum atomic E-state index is 11.4. The van der Waals surface area contributed by atoms with Gasteiger partial charge in [0.25, 0.3) is 0 Å². The summed E-state index contributed by atoms with van der Waals surface area (Å²) in [6.07, 6.45) is -0.442. The lowest BCUT2D eigenvalue weighted by Crippen LogP contribution is -2.34. The van der Waals surface area contributed by atoms with Gasteiger partial charge in [0.15, 0.2) is 0 Å². The topological polar surface area (TPSA) is 92.0 Å². The van der Waals surface area contributed by atoms with Crippen molar-refractivity contribution in [1.29, 1.82) is 0 Å². The lowest BCUT2D eigenvalue weighted by atomic mass is 10.2. The largest absolute Gasteiger partial charge is 0.491 e. The van der Waals surface area contributed by atoms with Crippen LogP contribution in [0.1, 0.15) is 20.8 Å². The highest BCUT2D eigenvalue weighted by molar-refractivity contribution is 5.67. The molecular weight excluding hydrogens is 312 g/mol. The first-order valence-electron chi connectivity index (χ1n) is 7.97. The van der Waals surface area contributed by atoms with Gasteiger partial charge in [-0.1, -0.05) is 0 Å². The van der Waals surface area contributed by atoms with E-state index in [4.69, 9.17) is 24.7 Å². The number of rotatable bonds is 10. The Morgan fingerprint density at radius 1 is 1.00 bits per heavy atom. The Balaban J connectivity index is 1.88. The van der Waals surface area contributed by atoms with E-state index in [0.717, 1.165) is 5.75 Å². The molecule has 0 saturated carbocycles. The van der Waals surface area contributed by atoms with Gasteiger partial charge in [0.2, 0.25) is 0 Å². The van der Waals surface area contributed by atoms with Gasteiger partial charge in [0.05, 0.1) is 26.4 Å². The average molecular weight is 340 g/mol. The van der Waals surface area contributed by atoms with E-state index in [0.29, 0.717) is 45.3 Å². The number of hydrogen-bond acceptors (Lipinski definition) is 6. The van der Waals surface area contributed by atoms with Gasteiger partial charge < -0.3 is 30.0 Å². The maximum Gasteiger partial charge on any atom is 0.407 e. The van der Waals surface area contributed by atoms with Crippen molar-refractivity contribution in [3.63, 3.8) is 0 Å². The third kappa shape index (κ3) is 10.7. The van der Waals surface area contributed by atoms with Crippen LogP contribution in [0.25, 0.3) is 0 Å². The summed E-state index contributed by atoms with van der Waals surface area (Å²) >= 11 is 0. The standard InChI is InChI=1S/C17H28N2O5/c1-17(2,3)24-16(20)19-8-9-21-10-11-22-12-13-23-15-6-4-14(18)5-7-15/h4-7H,8-13,18H2,1-3H3,(H,19,20). The number of nitrogens with two attached hydrogens (primary N) is 1. The monoisotopic (exact) mass is 340 g/mol. The molecule has 3 N–H and O–H groups in total. The number of nitrogens with one attached hydrogen (secondary N) is 1. The quantitative estimate of drug-likeness (QED) is 0.501. The average Bonchev–Trinajstić information content (AvgIpc) is 2.49. The van der Waals surface area contributed by atoms with Crippen molar-refractivity contribution >= 4 is 11.8 Å². The van der Waals surface area contributed by atoms with Crippen molar-refractivity contribution in [2.24, 2.45) is 0 Å². The molecule has 0 aliphatic rings. The fourth-order valence-electron chi connectivity index (χ4n) is 1.64. The number of anilines is 1. The minimum Gasteiger partial charge on any atom is -0.491 e. The summed E-state index contributed by atoms with van der Waals surface area (Å²) in [5, 5.41) is 2.62. The van der Waals surface area contributed by atoms with Crippen LogP contribution in [0.2, 0.25) is 0 Å². The van der Waals surface area contributed by atoms with Gasteiger partial charge in [-0.15, -0.1) is 0 Å². The first kappa shape index (κ1) is 20.1. The van der Waals surface area contributed by atoms with Crippen LogP contribution < -0.4 is 15.8 Å². The summed E-state index contributed by atoms with van der Waals surface area (Å²) in [6, 6.07) is 7.21. The van der Waals surface area contributed by atoms with E-state index in [9.17, 15) is 4.79 Å². The van der Waals surface area contributed by atoms with E-state index in [1.807, 2.05) is 32.9 Å². The summed E-state index contributed by atoms with van der Waals surface area (Å²) in [4.78, 5) is 11.4. The minimum atomic E-state index is -0.493. The molecular formula is C17H28N2O5. The van der Waals surface area contributed by atoms with Crippen molar-refractivity contribution in [2.75, 3.05) is 45.3 Å². The van der Waals surface area contributed by atoms with Gasteiger partial charge in [-0.25, -0.2) is 4.79 Å². The summed E-state index contributed by atoms with van der Waals surface area (Å²) in [5.41, 5.74) is 5.80. The first-order valence-corrected chi connectivity index (χ1v) is 7.97. The Morgan fingerprint density at radius 3 is 2.21 bits per heavy atom. The molecule has 0 heterocycles. The zero-order valence-corrected chi connectivity index (χ0v) is 14.7. The van der Waals surface area contributed by atoms with Crippen molar-refractivity contribution in [3.8, 4) is 5.75 Å². The molecule has 0 atom stereocenters. The summed E-state index contributed by atoms with van der Waals surface area (Å²) in [7, 11) is 0. The summed E-state index contributed by atoms with van der Waals surface area (Å²) in [5.74, 6) is 0.761. The molecule has 0 spiro atoms. The molecule has 0 aliphatic heterocycles. The highest BCUT2D eigenvalue weighted by atomic mass is 16.6. The summed E-state index contributed by atoms with van der Waals surface area (Å²) in [6.45, 7) is 8.12. The fraction of sp³-hybridized carbons (Fsp3) is 0.588. The van der Waals surface area contributed by atoms with E-state index in [-0.39, 0.29) is 0 Å². The van der Waals surface area contributed by atoms with Crippen molar-refractivity contribution < 1.29 is 23.7 Å². The molecule has 7 nitrogen and oxygen atoms in total. The van der Waals surface area contributed by atoms with Crippen molar-refractivity contribution in [3.05, 3.63) is 24.3 Å². The van der Waals surface area contributed by atoms with Crippen LogP contribution in [0.5, 0.6) is 5.75 Å². The van der Waals surface area contributed by atoms with Crippen LogP contribution in [-0.4, -0.2) is 51.3 Å². The maximum absolute atomic E-state index is 11.4. The Morgan fingerprint density at radius 2 is 1.58 bits per heavy atom. The van der Waals surface area contributed by atoms with Gasteiger partial charge in [-0.2, -0.15) is 0 Å². The molecule has 24 heavy (non-hydrogen) atoms. The molecule has 0 fully saturated rings. The number of amides is 1. The first-order chi connectivity index (χ1) is 11.4. The summed E-state index contributed by atoms with van der Waals surface area (Å²) < 4.78 is 21.3. The molecule has 0 unspecified atom stereocenters. The van der Waals surface area contributed by atoms with Crippen molar-refractivity contribution in [2.45, 2.75) is 26.4 Å². The number of carbonyl (C=O) groups excluding carboxylic acids is 1. The fourth-order valence-corrected chi connectivity index (χ4v) is 1.64. The SMILES string of the molecule is CC(C)(C)OC(=O)NCCOCCOCCOc1ccc(N)cc1.